The second-order valence-corrected chi connectivity index (χ2v) is 3.54. The van der Waals surface area contributed by atoms with E-state index in [1.807, 2.05) is 20.8 Å². The molecule has 0 aliphatic carbocycles. The summed E-state index contributed by atoms with van der Waals surface area (Å²) in [6, 6.07) is 0. The van der Waals surface area contributed by atoms with Crippen LogP contribution in [-0.2, 0) is 9.53 Å². The van der Waals surface area contributed by atoms with Crippen LogP contribution in [0.3, 0.4) is 0 Å². The molecule has 0 bridgehead atoms. The summed E-state index contributed by atoms with van der Waals surface area (Å²) >= 11 is 0. The Kier molecular flexibility index (Phi) is 5.18. The van der Waals surface area contributed by atoms with E-state index in [0.717, 1.165) is 6.42 Å². The first-order valence-corrected chi connectivity index (χ1v) is 4.90. The summed E-state index contributed by atoms with van der Waals surface area (Å²) in [6.45, 7) is 8.32. The van der Waals surface area contributed by atoms with Crippen molar-refractivity contribution in [2.45, 2.75) is 39.7 Å². The van der Waals surface area contributed by atoms with E-state index in [0.29, 0.717) is 6.61 Å². The van der Waals surface area contributed by atoms with E-state index >= 15 is 0 Å². The average Bonchev–Trinajstić information content (AvgIpc) is 2.15. The van der Waals surface area contributed by atoms with Gasteiger partial charge < -0.3 is 10.5 Å². The topological polar surface area (TPSA) is 52.3 Å². The van der Waals surface area contributed by atoms with Crippen LogP contribution in [0.25, 0.3) is 0 Å². The second kappa shape index (κ2) is 5.35. The number of carbonyl (C=O) groups excluding carboxylic acids is 1. The maximum absolute atomic E-state index is 11.8. The lowest BCUT2D eigenvalue weighted by atomic mass is 9.89. The number of carbonyl (C=O) groups is 1. The molecule has 0 aromatic rings. The summed E-state index contributed by atoms with van der Waals surface area (Å²) in [5, 5.41) is 0. The van der Waals surface area contributed by atoms with Crippen LogP contribution in [0, 0.1) is 5.92 Å². The Morgan fingerprint density at radius 3 is 2.38 bits per heavy atom. The molecule has 0 amide bonds. The SMILES string of the molecule is CCOC(C)(CN)C(=O)C(C)CC. The quantitative estimate of drug-likeness (QED) is 0.683. The number of ketones is 1. The second-order valence-electron chi connectivity index (χ2n) is 3.54. The Labute approximate surface area is 80.6 Å². The molecule has 3 heteroatoms. The van der Waals surface area contributed by atoms with Crippen LogP contribution in [0.2, 0.25) is 0 Å². The fourth-order valence-corrected chi connectivity index (χ4v) is 1.26. The molecule has 0 saturated heterocycles. The predicted octanol–water partition coefficient (Wildman–Crippen LogP) is 1.36. The number of ether oxygens (including phenoxy) is 1. The highest BCUT2D eigenvalue weighted by Gasteiger charge is 2.34. The Hall–Kier alpha value is -0.410. The van der Waals surface area contributed by atoms with Crippen LogP contribution < -0.4 is 5.73 Å². The molecule has 0 spiro atoms. The van der Waals surface area contributed by atoms with Crippen LogP contribution in [0.4, 0.5) is 0 Å². The van der Waals surface area contributed by atoms with Gasteiger partial charge in [-0.05, 0) is 20.3 Å². The van der Waals surface area contributed by atoms with Crippen LogP contribution in [-0.4, -0.2) is 24.5 Å². The lowest BCUT2D eigenvalue weighted by molar-refractivity contribution is -0.144. The molecule has 0 radical (unpaired) electrons. The lowest BCUT2D eigenvalue weighted by Gasteiger charge is -2.28. The monoisotopic (exact) mass is 187 g/mol. The van der Waals surface area contributed by atoms with E-state index in [1.54, 1.807) is 6.92 Å². The highest BCUT2D eigenvalue weighted by molar-refractivity contribution is 5.89. The Balaban J connectivity index is 4.46. The van der Waals surface area contributed by atoms with Gasteiger partial charge in [0, 0.05) is 19.1 Å². The third kappa shape index (κ3) is 3.08. The molecule has 3 nitrogen and oxygen atoms in total. The van der Waals surface area contributed by atoms with Gasteiger partial charge in [-0.2, -0.15) is 0 Å². The van der Waals surface area contributed by atoms with Gasteiger partial charge in [0.2, 0.25) is 0 Å². The molecule has 0 aromatic carbocycles. The van der Waals surface area contributed by atoms with Crippen molar-refractivity contribution in [3.05, 3.63) is 0 Å². The van der Waals surface area contributed by atoms with Gasteiger partial charge in [-0.15, -0.1) is 0 Å². The normalized spacial score (nSPS) is 17.9. The largest absolute Gasteiger partial charge is 0.366 e. The zero-order valence-corrected chi connectivity index (χ0v) is 9.09. The predicted molar refractivity (Wildman–Crippen MR) is 53.5 cm³/mol. The minimum atomic E-state index is -0.788. The van der Waals surface area contributed by atoms with E-state index < -0.39 is 5.60 Å². The van der Waals surface area contributed by atoms with Gasteiger partial charge in [-0.25, -0.2) is 0 Å². The van der Waals surface area contributed by atoms with E-state index in [1.165, 1.54) is 0 Å². The summed E-state index contributed by atoms with van der Waals surface area (Å²) in [7, 11) is 0. The zero-order chi connectivity index (χ0) is 10.5. The molecule has 0 heterocycles. The van der Waals surface area contributed by atoms with Gasteiger partial charge in [0.1, 0.15) is 5.60 Å². The van der Waals surface area contributed by atoms with Crippen molar-refractivity contribution in [2.75, 3.05) is 13.2 Å². The lowest BCUT2D eigenvalue weighted by Crippen LogP contribution is -2.47. The van der Waals surface area contributed by atoms with Crippen molar-refractivity contribution < 1.29 is 9.53 Å². The highest BCUT2D eigenvalue weighted by Crippen LogP contribution is 2.17. The zero-order valence-electron chi connectivity index (χ0n) is 9.09. The first-order valence-electron chi connectivity index (χ1n) is 4.90. The number of Topliss-reactive ketones (excluding diaryl/α,β-unsaturated/α-hetero) is 1. The number of hydrogen-bond acceptors (Lipinski definition) is 3. The molecule has 2 atom stereocenters. The van der Waals surface area contributed by atoms with E-state index in [-0.39, 0.29) is 18.2 Å². The summed E-state index contributed by atoms with van der Waals surface area (Å²) in [5.41, 5.74) is 4.75. The molecule has 2 unspecified atom stereocenters. The number of nitrogens with two attached hydrogens (primary N) is 1. The summed E-state index contributed by atoms with van der Waals surface area (Å²) in [5.74, 6) is 0.138. The third-order valence-electron chi connectivity index (χ3n) is 2.43. The standard InChI is InChI=1S/C10H21NO2/c1-5-8(3)9(12)10(4,7-11)13-6-2/h8H,5-7,11H2,1-4H3. The Morgan fingerprint density at radius 2 is 2.08 bits per heavy atom. The molecule has 2 N–H and O–H groups in total. The van der Waals surface area contributed by atoms with Gasteiger partial charge >= 0.3 is 0 Å². The average molecular weight is 187 g/mol. The van der Waals surface area contributed by atoms with Crippen molar-refractivity contribution in [3.8, 4) is 0 Å². The first kappa shape index (κ1) is 12.6. The molecule has 0 saturated carbocycles. The number of hydrogen-bond donors (Lipinski definition) is 1. The van der Waals surface area contributed by atoms with Crippen molar-refractivity contribution in [2.24, 2.45) is 11.7 Å². The van der Waals surface area contributed by atoms with Crippen molar-refractivity contribution in [1.29, 1.82) is 0 Å². The van der Waals surface area contributed by atoms with E-state index in [4.69, 9.17) is 10.5 Å². The van der Waals surface area contributed by atoms with Gasteiger partial charge in [0.25, 0.3) is 0 Å². The molecular weight excluding hydrogens is 166 g/mol. The van der Waals surface area contributed by atoms with Gasteiger partial charge in [-0.1, -0.05) is 13.8 Å². The van der Waals surface area contributed by atoms with Crippen LogP contribution in [0.15, 0.2) is 0 Å². The minimum Gasteiger partial charge on any atom is -0.366 e. The Bertz CT molecular complexity index is 170. The minimum absolute atomic E-state index is 0.0279. The summed E-state index contributed by atoms with van der Waals surface area (Å²) in [6.07, 6.45) is 0.835. The van der Waals surface area contributed by atoms with Crippen molar-refractivity contribution >= 4 is 5.78 Å². The van der Waals surface area contributed by atoms with E-state index in [9.17, 15) is 4.79 Å². The van der Waals surface area contributed by atoms with Gasteiger partial charge in [-0.3, -0.25) is 4.79 Å². The molecule has 0 aromatic heterocycles. The fraction of sp³-hybridized carbons (Fsp3) is 0.900. The molecule has 0 aliphatic heterocycles. The van der Waals surface area contributed by atoms with E-state index in [2.05, 4.69) is 0 Å². The van der Waals surface area contributed by atoms with Crippen molar-refractivity contribution in [3.63, 3.8) is 0 Å². The maximum Gasteiger partial charge on any atom is 0.168 e. The molecule has 0 rings (SSSR count). The highest BCUT2D eigenvalue weighted by atomic mass is 16.5. The molecular formula is C10H21NO2. The summed E-state index contributed by atoms with van der Waals surface area (Å²) < 4.78 is 5.39. The van der Waals surface area contributed by atoms with Gasteiger partial charge in [0.15, 0.2) is 5.78 Å². The van der Waals surface area contributed by atoms with Gasteiger partial charge in [0.05, 0.1) is 0 Å². The molecule has 78 valence electrons. The summed E-state index contributed by atoms with van der Waals surface area (Å²) in [4.78, 5) is 11.8. The molecule has 13 heavy (non-hydrogen) atoms. The van der Waals surface area contributed by atoms with Crippen LogP contribution in [0.1, 0.15) is 34.1 Å². The fourth-order valence-electron chi connectivity index (χ4n) is 1.26. The first-order chi connectivity index (χ1) is 6.01. The van der Waals surface area contributed by atoms with Crippen LogP contribution >= 0.6 is 0 Å². The Morgan fingerprint density at radius 1 is 1.54 bits per heavy atom. The van der Waals surface area contributed by atoms with Crippen LogP contribution in [0.5, 0.6) is 0 Å². The maximum atomic E-state index is 11.8. The molecule has 0 aliphatic rings. The number of rotatable bonds is 6. The van der Waals surface area contributed by atoms with Crippen molar-refractivity contribution in [1.82, 2.24) is 0 Å². The third-order valence-corrected chi connectivity index (χ3v) is 2.43. The smallest absolute Gasteiger partial charge is 0.168 e. The molecule has 0 fully saturated rings.